The lowest BCUT2D eigenvalue weighted by Crippen LogP contribution is -1.98. The summed E-state index contributed by atoms with van der Waals surface area (Å²) in [6, 6.07) is 19.2. The first-order chi connectivity index (χ1) is 11.3. The van der Waals surface area contributed by atoms with E-state index in [-0.39, 0.29) is 5.78 Å². The molecule has 0 aromatic heterocycles. The fraction of sp³-hybridized carbons (Fsp3) is 0.0500. The maximum absolute atomic E-state index is 12.7. The Morgan fingerprint density at radius 3 is 2.52 bits per heavy atom. The summed E-state index contributed by atoms with van der Waals surface area (Å²) >= 11 is 0. The molecular weight excluding hydrogens is 288 g/mol. The number of ketones is 1. The smallest absolute Gasteiger partial charge is 0.232 e. The zero-order valence-electron chi connectivity index (χ0n) is 12.6. The minimum Gasteiger partial charge on any atom is -0.497 e. The molecule has 1 heterocycles. The first kappa shape index (κ1) is 13.6. The molecule has 3 heteroatoms. The van der Waals surface area contributed by atoms with Gasteiger partial charge in [0.15, 0.2) is 5.76 Å². The molecule has 23 heavy (non-hydrogen) atoms. The SMILES string of the molecule is COc1ccc(/C=C2\Oc3ccc4ccccc4c3C2=O)cc1. The molecule has 0 bridgehead atoms. The van der Waals surface area contributed by atoms with Crippen molar-refractivity contribution in [3.63, 3.8) is 0 Å². The Morgan fingerprint density at radius 2 is 1.74 bits per heavy atom. The predicted octanol–water partition coefficient (Wildman–Crippen LogP) is 4.46. The van der Waals surface area contributed by atoms with E-state index in [1.807, 2.05) is 60.7 Å². The number of Topliss-reactive ketones (excluding diaryl/α,β-unsaturated/α-hetero) is 1. The summed E-state index contributed by atoms with van der Waals surface area (Å²) in [7, 11) is 1.62. The van der Waals surface area contributed by atoms with Crippen LogP contribution >= 0.6 is 0 Å². The van der Waals surface area contributed by atoms with Crippen molar-refractivity contribution in [1.82, 2.24) is 0 Å². The van der Waals surface area contributed by atoms with Crippen molar-refractivity contribution in [3.8, 4) is 11.5 Å². The van der Waals surface area contributed by atoms with Crippen LogP contribution in [0.5, 0.6) is 11.5 Å². The van der Waals surface area contributed by atoms with E-state index >= 15 is 0 Å². The highest BCUT2D eigenvalue weighted by Gasteiger charge is 2.29. The topological polar surface area (TPSA) is 35.5 Å². The number of fused-ring (bicyclic) bond motifs is 3. The van der Waals surface area contributed by atoms with Crippen molar-refractivity contribution in [2.45, 2.75) is 0 Å². The number of carbonyl (C=O) groups excluding carboxylic acids is 1. The Morgan fingerprint density at radius 1 is 0.957 bits per heavy atom. The monoisotopic (exact) mass is 302 g/mol. The van der Waals surface area contributed by atoms with Crippen LogP contribution in [0.2, 0.25) is 0 Å². The van der Waals surface area contributed by atoms with Crippen LogP contribution in [0, 0.1) is 0 Å². The van der Waals surface area contributed by atoms with Gasteiger partial charge in [0.1, 0.15) is 11.5 Å². The molecule has 3 nitrogen and oxygen atoms in total. The molecule has 0 amide bonds. The van der Waals surface area contributed by atoms with E-state index in [0.29, 0.717) is 17.1 Å². The molecule has 4 rings (SSSR count). The van der Waals surface area contributed by atoms with E-state index in [4.69, 9.17) is 9.47 Å². The Balaban J connectivity index is 1.77. The molecule has 1 aliphatic heterocycles. The zero-order valence-corrected chi connectivity index (χ0v) is 12.6. The van der Waals surface area contributed by atoms with Gasteiger partial charge in [0.05, 0.1) is 12.7 Å². The maximum atomic E-state index is 12.7. The molecule has 0 unspecified atom stereocenters. The van der Waals surface area contributed by atoms with Gasteiger partial charge in [-0.15, -0.1) is 0 Å². The zero-order chi connectivity index (χ0) is 15.8. The average molecular weight is 302 g/mol. The standard InChI is InChI=1S/C20H14O3/c1-22-15-9-6-13(7-10-15)12-18-20(21)19-16-5-3-2-4-14(16)8-11-17(19)23-18/h2-12H,1H3/b18-12-. The summed E-state index contributed by atoms with van der Waals surface area (Å²) in [6.07, 6.45) is 1.76. The lowest BCUT2D eigenvalue weighted by molar-refractivity contribution is 0.101. The van der Waals surface area contributed by atoms with Crippen LogP contribution < -0.4 is 9.47 Å². The number of ether oxygens (including phenoxy) is 2. The highest BCUT2D eigenvalue weighted by molar-refractivity contribution is 6.21. The molecule has 0 fully saturated rings. The molecule has 3 aromatic rings. The Hall–Kier alpha value is -3.07. The predicted molar refractivity (Wildman–Crippen MR) is 89.9 cm³/mol. The summed E-state index contributed by atoms with van der Waals surface area (Å²) in [4.78, 5) is 12.7. The lowest BCUT2D eigenvalue weighted by atomic mass is 10.0. The maximum Gasteiger partial charge on any atom is 0.232 e. The van der Waals surface area contributed by atoms with Crippen LogP contribution in [0.4, 0.5) is 0 Å². The fourth-order valence-corrected chi connectivity index (χ4v) is 2.81. The number of hydrogen-bond donors (Lipinski definition) is 0. The summed E-state index contributed by atoms with van der Waals surface area (Å²) in [5, 5.41) is 1.96. The highest BCUT2D eigenvalue weighted by atomic mass is 16.5. The fourth-order valence-electron chi connectivity index (χ4n) is 2.81. The molecule has 1 aliphatic rings. The Kier molecular flexibility index (Phi) is 3.12. The van der Waals surface area contributed by atoms with Crippen LogP contribution in [0.3, 0.4) is 0 Å². The molecular formula is C20H14O3. The highest BCUT2D eigenvalue weighted by Crippen LogP contribution is 2.37. The summed E-state index contributed by atoms with van der Waals surface area (Å²) in [6.45, 7) is 0. The second kappa shape index (κ2) is 5.29. The molecule has 0 radical (unpaired) electrons. The van der Waals surface area contributed by atoms with Crippen molar-refractivity contribution in [2.24, 2.45) is 0 Å². The molecule has 0 aliphatic carbocycles. The van der Waals surface area contributed by atoms with E-state index < -0.39 is 0 Å². The lowest BCUT2D eigenvalue weighted by Gasteiger charge is -2.01. The van der Waals surface area contributed by atoms with Gasteiger partial charge in [-0.1, -0.05) is 42.5 Å². The Labute approximate surface area is 133 Å². The van der Waals surface area contributed by atoms with E-state index in [1.54, 1.807) is 13.2 Å². The molecule has 3 aromatic carbocycles. The largest absolute Gasteiger partial charge is 0.497 e. The van der Waals surface area contributed by atoms with E-state index in [9.17, 15) is 4.79 Å². The third kappa shape index (κ3) is 2.27. The summed E-state index contributed by atoms with van der Waals surface area (Å²) < 4.78 is 10.9. The van der Waals surface area contributed by atoms with Crippen LogP contribution in [-0.4, -0.2) is 12.9 Å². The van der Waals surface area contributed by atoms with Crippen molar-refractivity contribution < 1.29 is 14.3 Å². The van der Waals surface area contributed by atoms with E-state index in [1.165, 1.54) is 0 Å². The Bertz CT molecular complexity index is 937. The first-order valence-electron chi connectivity index (χ1n) is 7.36. The summed E-state index contributed by atoms with van der Waals surface area (Å²) in [5.74, 6) is 1.67. The molecule has 0 saturated carbocycles. The van der Waals surface area contributed by atoms with Crippen molar-refractivity contribution >= 4 is 22.6 Å². The third-order valence-electron chi connectivity index (χ3n) is 3.98. The van der Waals surface area contributed by atoms with Crippen molar-refractivity contribution in [2.75, 3.05) is 7.11 Å². The molecule has 0 N–H and O–H groups in total. The van der Waals surface area contributed by atoms with Gasteiger partial charge in [0.2, 0.25) is 5.78 Å². The van der Waals surface area contributed by atoms with Gasteiger partial charge in [-0.2, -0.15) is 0 Å². The number of carbonyl (C=O) groups is 1. The molecule has 0 spiro atoms. The van der Waals surface area contributed by atoms with Crippen LogP contribution in [0.1, 0.15) is 15.9 Å². The van der Waals surface area contributed by atoms with Crippen molar-refractivity contribution in [3.05, 3.63) is 77.5 Å². The van der Waals surface area contributed by atoms with E-state index in [0.717, 1.165) is 22.1 Å². The number of rotatable bonds is 2. The van der Waals surface area contributed by atoms with Crippen LogP contribution in [0.15, 0.2) is 66.4 Å². The number of benzene rings is 3. The van der Waals surface area contributed by atoms with Crippen LogP contribution in [0.25, 0.3) is 16.8 Å². The van der Waals surface area contributed by atoms with E-state index in [2.05, 4.69) is 0 Å². The van der Waals surface area contributed by atoms with Gasteiger partial charge in [0, 0.05) is 0 Å². The average Bonchev–Trinajstić information content (AvgIpc) is 2.92. The van der Waals surface area contributed by atoms with Gasteiger partial charge in [-0.25, -0.2) is 0 Å². The van der Waals surface area contributed by atoms with Gasteiger partial charge in [-0.05, 0) is 40.6 Å². The second-order valence-corrected chi connectivity index (χ2v) is 5.37. The number of hydrogen-bond acceptors (Lipinski definition) is 3. The number of allylic oxidation sites excluding steroid dienone is 1. The van der Waals surface area contributed by atoms with Crippen LogP contribution in [-0.2, 0) is 0 Å². The normalized spacial score (nSPS) is 14.8. The minimum atomic E-state index is -0.0763. The quantitative estimate of drug-likeness (QED) is 0.655. The van der Waals surface area contributed by atoms with Gasteiger partial charge >= 0.3 is 0 Å². The third-order valence-corrected chi connectivity index (χ3v) is 3.98. The molecule has 0 saturated heterocycles. The van der Waals surface area contributed by atoms with Gasteiger partial charge in [0.25, 0.3) is 0 Å². The van der Waals surface area contributed by atoms with Crippen molar-refractivity contribution in [1.29, 1.82) is 0 Å². The van der Waals surface area contributed by atoms with Gasteiger partial charge < -0.3 is 9.47 Å². The first-order valence-corrected chi connectivity index (χ1v) is 7.36. The van der Waals surface area contributed by atoms with Gasteiger partial charge in [-0.3, -0.25) is 4.79 Å². The summed E-state index contributed by atoms with van der Waals surface area (Å²) in [5.41, 5.74) is 1.54. The second-order valence-electron chi connectivity index (χ2n) is 5.37. The minimum absolute atomic E-state index is 0.0763. The molecule has 0 atom stereocenters. The number of methoxy groups -OCH3 is 1. The molecule has 112 valence electrons.